The van der Waals surface area contributed by atoms with Gasteiger partial charge in [-0.2, -0.15) is 5.10 Å². The topological polar surface area (TPSA) is 127 Å². The predicted molar refractivity (Wildman–Crippen MR) is 134 cm³/mol. The van der Waals surface area contributed by atoms with Gasteiger partial charge in [-0.3, -0.25) is 9.58 Å². The molecule has 0 amide bonds. The Kier molecular flexibility index (Phi) is 6.03. The smallest absolute Gasteiger partial charge is 0.151 e. The van der Waals surface area contributed by atoms with Gasteiger partial charge < -0.3 is 20.9 Å². The van der Waals surface area contributed by atoms with E-state index in [-0.39, 0.29) is 12.1 Å². The second-order valence-corrected chi connectivity index (χ2v) is 10.1. The van der Waals surface area contributed by atoms with Crippen LogP contribution in [0.3, 0.4) is 0 Å². The lowest BCUT2D eigenvalue weighted by molar-refractivity contribution is -0.0734. The third-order valence-corrected chi connectivity index (χ3v) is 7.80. The van der Waals surface area contributed by atoms with Gasteiger partial charge in [0, 0.05) is 42.7 Å². The number of aliphatic hydroxyl groups excluding tert-OH is 1. The van der Waals surface area contributed by atoms with Gasteiger partial charge in [0.15, 0.2) is 5.82 Å². The first-order valence-electron chi connectivity index (χ1n) is 12.8. The molecule has 2 aliphatic heterocycles. The second kappa shape index (κ2) is 9.33. The SMILES string of the molecule is CCc1nc2c(N)ncc(-c3cnn(C4CCN(C5COC5)CC4)c3)c2nc1N[C@@H]1CC[C@H](O)C1. The monoisotopic (exact) mass is 478 g/mol. The van der Waals surface area contributed by atoms with Crippen molar-refractivity contribution in [1.82, 2.24) is 29.6 Å². The van der Waals surface area contributed by atoms with Crippen LogP contribution in [0.5, 0.6) is 0 Å². The molecule has 5 heterocycles. The van der Waals surface area contributed by atoms with E-state index < -0.39 is 0 Å². The second-order valence-electron chi connectivity index (χ2n) is 10.1. The minimum atomic E-state index is -0.249. The summed E-state index contributed by atoms with van der Waals surface area (Å²) >= 11 is 0. The quantitative estimate of drug-likeness (QED) is 0.489. The minimum absolute atomic E-state index is 0.199. The maximum absolute atomic E-state index is 9.95. The number of anilines is 2. The van der Waals surface area contributed by atoms with Crippen molar-refractivity contribution < 1.29 is 9.84 Å². The summed E-state index contributed by atoms with van der Waals surface area (Å²) in [5.41, 5.74) is 10.3. The first-order valence-corrected chi connectivity index (χ1v) is 12.8. The highest BCUT2D eigenvalue weighted by molar-refractivity contribution is 5.96. The molecule has 0 aromatic carbocycles. The standard InChI is InChI=1S/C25H34N8O2/c1-2-21-25(29-16-3-4-19(34)9-16)31-22-20(11-27-24(26)23(22)30-21)15-10-28-33(12-15)17-5-7-32(8-6-17)18-13-35-14-18/h10-12,16-19,34H,2-9,13-14H2,1H3,(H2,26,27)(H,29,31)/t16-,19+/m1/s1. The number of piperidine rings is 1. The number of rotatable bonds is 6. The Balaban J connectivity index is 1.28. The van der Waals surface area contributed by atoms with Crippen molar-refractivity contribution in [2.45, 2.75) is 69.7 Å². The third-order valence-electron chi connectivity index (χ3n) is 7.80. The molecule has 0 bridgehead atoms. The summed E-state index contributed by atoms with van der Waals surface area (Å²) in [5.74, 6) is 1.15. The zero-order chi connectivity index (χ0) is 23.9. The van der Waals surface area contributed by atoms with E-state index in [0.29, 0.717) is 23.4 Å². The summed E-state index contributed by atoms with van der Waals surface area (Å²) in [4.78, 5) is 16.8. The highest BCUT2D eigenvalue weighted by atomic mass is 16.5. The molecule has 3 aromatic rings. The van der Waals surface area contributed by atoms with Crippen LogP contribution in [-0.2, 0) is 11.2 Å². The molecule has 0 radical (unpaired) electrons. The van der Waals surface area contributed by atoms with Crippen LogP contribution < -0.4 is 11.1 Å². The van der Waals surface area contributed by atoms with E-state index in [0.717, 1.165) is 93.0 Å². The number of aryl methyl sites for hydroxylation is 1. The number of pyridine rings is 1. The Morgan fingerprint density at radius 3 is 2.60 bits per heavy atom. The molecule has 3 aromatic heterocycles. The molecule has 0 unspecified atom stereocenters. The molecule has 1 saturated carbocycles. The number of fused-ring (bicyclic) bond motifs is 1. The molecule has 10 heteroatoms. The number of hydrogen-bond donors (Lipinski definition) is 3. The van der Waals surface area contributed by atoms with Crippen LogP contribution in [0.1, 0.15) is 50.8 Å². The van der Waals surface area contributed by atoms with Gasteiger partial charge in [-0.25, -0.2) is 15.0 Å². The third kappa shape index (κ3) is 4.34. The molecule has 186 valence electrons. The number of aromatic nitrogens is 5. The van der Waals surface area contributed by atoms with Crippen LogP contribution in [0.4, 0.5) is 11.6 Å². The maximum Gasteiger partial charge on any atom is 0.151 e. The summed E-state index contributed by atoms with van der Waals surface area (Å²) in [5, 5.41) is 18.2. The van der Waals surface area contributed by atoms with Crippen molar-refractivity contribution in [2.75, 3.05) is 37.4 Å². The lowest BCUT2D eigenvalue weighted by atomic mass is 10.0. The Morgan fingerprint density at radius 1 is 1.09 bits per heavy atom. The summed E-state index contributed by atoms with van der Waals surface area (Å²) in [6, 6.07) is 1.18. The average molecular weight is 479 g/mol. The van der Waals surface area contributed by atoms with E-state index in [1.165, 1.54) is 0 Å². The fourth-order valence-electron chi connectivity index (χ4n) is 5.57. The highest BCUT2D eigenvalue weighted by Gasteiger charge is 2.30. The molecule has 2 atom stereocenters. The van der Waals surface area contributed by atoms with Gasteiger partial charge in [0.25, 0.3) is 0 Å². The minimum Gasteiger partial charge on any atom is -0.393 e. The van der Waals surface area contributed by atoms with E-state index >= 15 is 0 Å². The Hall–Kier alpha value is -2.82. The molecule has 10 nitrogen and oxygen atoms in total. The van der Waals surface area contributed by atoms with Gasteiger partial charge >= 0.3 is 0 Å². The van der Waals surface area contributed by atoms with E-state index in [2.05, 4.69) is 33.0 Å². The van der Waals surface area contributed by atoms with Crippen molar-refractivity contribution in [3.8, 4) is 11.1 Å². The molecule has 3 fully saturated rings. The largest absolute Gasteiger partial charge is 0.393 e. The zero-order valence-electron chi connectivity index (χ0n) is 20.2. The number of nitrogens with one attached hydrogen (secondary N) is 1. The summed E-state index contributed by atoms with van der Waals surface area (Å²) in [6.07, 6.45) is 10.9. The van der Waals surface area contributed by atoms with Crippen LogP contribution in [0, 0.1) is 0 Å². The van der Waals surface area contributed by atoms with Gasteiger partial charge in [-0.05, 0) is 38.5 Å². The number of ether oxygens (including phenoxy) is 1. The van der Waals surface area contributed by atoms with Crippen LogP contribution in [0.2, 0.25) is 0 Å². The normalized spacial score (nSPS) is 24.2. The van der Waals surface area contributed by atoms with Gasteiger partial charge in [0.1, 0.15) is 16.9 Å². The average Bonchev–Trinajstić information content (AvgIpc) is 3.48. The number of nitrogens with zero attached hydrogens (tertiary/aromatic N) is 6. The first kappa shape index (κ1) is 22.6. The Bertz CT molecular complexity index is 1200. The molecule has 1 aliphatic carbocycles. The highest BCUT2D eigenvalue weighted by Crippen LogP contribution is 2.33. The fourth-order valence-corrected chi connectivity index (χ4v) is 5.57. The molecule has 3 aliphatic rings. The van der Waals surface area contributed by atoms with E-state index in [1.54, 1.807) is 6.20 Å². The molecule has 35 heavy (non-hydrogen) atoms. The van der Waals surface area contributed by atoms with Crippen molar-refractivity contribution in [1.29, 1.82) is 0 Å². The molecule has 2 saturated heterocycles. The molecule has 0 spiro atoms. The molecular formula is C25H34N8O2. The van der Waals surface area contributed by atoms with Crippen LogP contribution in [0.15, 0.2) is 18.6 Å². The first-order chi connectivity index (χ1) is 17.1. The number of likely N-dealkylation sites (tertiary alicyclic amines) is 1. The summed E-state index contributed by atoms with van der Waals surface area (Å²) in [6.45, 7) is 5.96. The molecule has 6 rings (SSSR count). The van der Waals surface area contributed by atoms with E-state index in [1.807, 2.05) is 6.20 Å². The van der Waals surface area contributed by atoms with Gasteiger partial charge in [0.2, 0.25) is 0 Å². The number of hydrogen-bond acceptors (Lipinski definition) is 9. The lowest BCUT2D eigenvalue weighted by Crippen LogP contribution is -2.51. The zero-order valence-corrected chi connectivity index (χ0v) is 20.2. The van der Waals surface area contributed by atoms with Crippen LogP contribution in [0.25, 0.3) is 22.2 Å². The van der Waals surface area contributed by atoms with Crippen molar-refractivity contribution in [2.24, 2.45) is 0 Å². The van der Waals surface area contributed by atoms with Gasteiger partial charge in [-0.1, -0.05) is 6.92 Å². The van der Waals surface area contributed by atoms with Gasteiger partial charge in [0.05, 0.1) is 43.3 Å². The van der Waals surface area contributed by atoms with Crippen molar-refractivity contribution >= 4 is 22.7 Å². The lowest BCUT2D eigenvalue weighted by Gasteiger charge is -2.41. The van der Waals surface area contributed by atoms with Crippen molar-refractivity contribution in [3.63, 3.8) is 0 Å². The molecule has 4 N–H and O–H groups in total. The Labute approximate surface area is 204 Å². The maximum atomic E-state index is 9.95. The van der Waals surface area contributed by atoms with Crippen LogP contribution in [-0.4, -0.2) is 79.2 Å². The predicted octanol–water partition coefficient (Wildman–Crippen LogP) is 2.39. The number of nitrogens with two attached hydrogens (primary N) is 1. The number of nitrogen functional groups attached to an aromatic ring is 1. The summed E-state index contributed by atoms with van der Waals surface area (Å²) < 4.78 is 7.46. The van der Waals surface area contributed by atoms with E-state index in [4.69, 9.17) is 25.5 Å². The van der Waals surface area contributed by atoms with Gasteiger partial charge in [-0.15, -0.1) is 0 Å². The van der Waals surface area contributed by atoms with Crippen molar-refractivity contribution in [3.05, 3.63) is 24.3 Å². The van der Waals surface area contributed by atoms with Crippen LogP contribution >= 0.6 is 0 Å². The number of aliphatic hydroxyl groups is 1. The van der Waals surface area contributed by atoms with E-state index in [9.17, 15) is 5.11 Å². The molecular weight excluding hydrogens is 444 g/mol. The summed E-state index contributed by atoms with van der Waals surface area (Å²) in [7, 11) is 0. The Morgan fingerprint density at radius 2 is 1.91 bits per heavy atom. The fraction of sp³-hybridized carbons (Fsp3) is 0.600.